The standard InChI is InChI=1S/C24H33N3O4/c1-29-14-11-23(28)26-24(20-8-4-5-12-25-20)19-7-6-13-27(17-19)16-18-9-10-21(30-2)22(15-18)31-3/h4-5,8-10,12,15,19,24H,6-7,11,13-14,16-17H2,1-3H3,(H,26,28)/t19-,24+/m1/s1. The maximum atomic E-state index is 12.5. The third kappa shape index (κ3) is 6.42. The lowest BCUT2D eigenvalue weighted by atomic mass is 9.88. The molecule has 0 bridgehead atoms. The summed E-state index contributed by atoms with van der Waals surface area (Å²) in [5.74, 6) is 1.76. The van der Waals surface area contributed by atoms with Crippen molar-refractivity contribution in [3.8, 4) is 11.5 Å². The van der Waals surface area contributed by atoms with Crippen LogP contribution in [0.3, 0.4) is 0 Å². The first kappa shape index (κ1) is 23.0. The van der Waals surface area contributed by atoms with Gasteiger partial charge >= 0.3 is 0 Å². The van der Waals surface area contributed by atoms with Gasteiger partial charge in [0.05, 0.1) is 32.6 Å². The smallest absolute Gasteiger partial charge is 0.222 e. The maximum Gasteiger partial charge on any atom is 0.222 e. The summed E-state index contributed by atoms with van der Waals surface area (Å²) in [5.41, 5.74) is 2.09. The Morgan fingerprint density at radius 1 is 1.19 bits per heavy atom. The summed E-state index contributed by atoms with van der Waals surface area (Å²) in [6.45, 7) is 3.15. The summed E-state index contributed by atoms with van der Waals surface area (Å²) >= 11 is 0. The molecule has 3 rings (SSSR count). The third-order valence-corrected chi connectivity index (χ3v) is 5.72. The number of carbonyl (C=O) groups is 1. The Morgan fingerprint density at radius 3 is 2.74 bits per heavy atom. The fourth-order valence-electron chi connectivity index (χ4n) is 4.18. The number of rotatable bonds is 10. The van der Waals surface area contributed by atoms with Crippen molar-refractivity contribution in [1.29, 1.82) is 0 Å². The van der Waals surface area contributed by atoms with Crippen molar-refractivity contribution in [2.45, 2.75) is 31.8 Å². The highest BCUT2D eigenvalue weighted by molar-refractivity contribution is 5.76. The third-order valence-electron chi connectivity index (χ3n) is 5.72. The van der Waals surface area contributed by atoms with Crippen LogP contribution in [0, 0.1) is 5.92 Å². The van der Waals surface area contributed by atoms with Crippen LogP contribution >= 0.6 is 0 Å². The molecule has 2 aromatic rings. The predicted octanol–water partition coefficient (Wildman–Crippen LogP) is 3.20. The molecule has 1 aliphatic heterocycles. The van der Waals surface area contributed by atoms with Gasteiger partial charge in [-0.3, -0.25) is 14.7 Å². The number of methoxy groups -OCH3 is 3. The lowest BCUT2D eigenvalue weighted by Gasteiger charge is -2.37. The van der Waals surface area contributed by atoms with Crippen LogP contribution < -0.4 is 14.8 Å². The van der Waals surface area contributed by atoms with Gasteiger partial charge in [0.2, 0.25) is 5.91 Å². The largest absolute Gasteiger partial charge is 0.493 e. The highest BCUT2D eigenvalue weighted by Crippen LogP contribution is 2.32. The Kier molecular flexibility index (Phi) is 8.67. The Bertz CT molecular complexity index is 831. The van der Waals surface area contributed by atoms with Crippen molar-refractivity contribution in [2.75, 3.05) is 41.0 Å². The lowest BCUT2D eigenvalue weighted by Crippen LogP contribution is -2.43. The van der Waals surface area contributed by atoms with Gasteiger partial charge in [0.1, 0.15) is 0 Å². The second-order valence-electron chi connectivity index (χ2n) is 7.87. The van der Waals surface area contributed by atoms with Gasteiger partial charge in [0.25, 0.3) is 0 Å². The van der Waals surface area contributed by atoms with E-state index in [2.05, 4.69) is 21.3 Å². The van der Waals surface area contributed by atoms with Crippen molar-refractivity contribution < 1.29 is 19.0 Å². The van der Waals surface area contributed by atoms with E-state index < -0.39 is 0 Å². The van der Waals surface area contributed by atoms with Gasteiger partial charge in [-0.2, -0.15) is 0 Å². The number of ether oxygens (including phenoxy) is 3. The van der Waals surface area contributed by atoms with Crippen molar-refractivity contribution in [1.82, 2.24) is 15.2 Å². The number of likely N-dealkylation sites (tertiary alicyclic amines) is 1. The normalized spacial score (nSPS) is 17.7. The molecule has 1 N–H and O–H groups in total. The minimum absolute atomic E-state index is 0.00508. The number of piperidine rings is 1. The van der Waals surface area contributed by atoms with Gasteiger partial charge in [-0.25, -0.2) is 0 Å². The Balaban J connectivity index is 1.71. The molecule has 0 aliphatic carbocycles. The summed E-state index contributed by atoms with van der Waals surface area (Å²) in [7, 11) is 4.91. The van der Waals surface area contributed by atoms with Gasteiger partial charge in [-0.1, -0.05) is 12.1 Å². The van der Waals surface area contributed by atoms with Crippen LogP contribution in [0.5, 0.6) is 11.5 Å². The first-order valence-corrected chi connectivity index (χ1v) is 10.8. The van der Waals surface area contributed by atoms with Gasteiger partial charge in [0.15, 0.2) is 11.5 Å². The molecule has 2 heterocycles. The fraction of sp³-hybridized carbons (Fsp3) is 0.500. The van der Waals surface area contributed by atoms with Crippen molar-refractivity contribution in [3.63, 3.8) is 0 Å². The molecule has 0 saturated carbocycles. The number of nitrogens with zero attached hydrogens (tertiary/aromatic N) is 2. The van der Waals surface area contributed by atoms with Crippen LogP contribution in [0.4, 0.5) is 0 Å². The lowest BCUT2D eigenvalue weighted by molar-refractivity contribution is -0.123. The van der Waals surface area contributed by atoms with E-state index in [4.69, 9.17) is 14.2 Å². The summed E-state index contributed by atoms with van der Waals surface area (Å²) in [4.78, 5) is 19.5. The average Bonchev–Trinajstić information content (AvgIpc) is 2.81. The molecule has 7 nitrogen and oxygen atoms in total. The zero-order valence-corrected chi connectivity index (χ0v) is 18.7. The van der Waals surface area contributed by atoms with Gasteiger partial charge in [-0.05, 0) is 55.1 Å². The van der Waals surface area contributed by atoms with E-state index in [0.717, 1.165) is 49.7 Å². The van der Waals surface area contributed by atoms with E-state index >= 15 is 0 Å². The average molecular weight is 428 g/mol. The molecule has 0 spiro atoms. The van der Waals surface area contributed by atoms with Crippen molar-refractivity contribution >= 4 is 5.91 Å². The Hall–Kier alpha value is -2.64. The maximum absolute atomic E-state index is 12.5. The molecule has 0 unspecified atom stereocenters. The second-order valence-corrected chi connectivity index (χ2v) is 7.87. The van der Waals surface area contributed by atoms with Crippen molar-refractivity contribution in [3.05, 3.63) is 53.9 Å². The number of nitrogens with one attached hydrogen (secondary N) is 1. The highest BCUT2D eigenvalue weighted by atomic mass is 16.5. The van der Waals surface area contributed by atoms with Crippen LogP contribution in [0.1, 0.15) is 36.6 Å². The molecule has 0 radical (unpaired) electrons. The molecule has 7 heteroatoms. The number of hydrogen-bond donors (Lipinski definition) is 1. The molecular formula is C24H33N3O4. The molecule has 1 aromatic carbocycles. The molecule has 1 aromatic heterocycles. The zero-order valence-electron chi connectivity index (χ0n) is 18.7. The molecule has 1 aliphatic rings. The minimum atomic E-state index is -0.112. The second kappa shape index (κ2) is 11.7. The predicted molar refractivity (Wildman–Crippen MR) is 119 cm³/mol. The van der Waals surface area contributed by atoms with Crippen LogP contribution in [-0.2, 0) is 16.1 Å². The first-order valence-electron chi connectivity index (χ1n) is 10.8. The molecular weight excluding hydrogens is 394 g/mol. The Labute approximate surface area is 184 Å². The van der Waals surface area contributed by atoms with E-state index in [1.807, 2.05) is 30.3 Å². The van der Waals surface area contributed by atoms with Crippen LogP contribution in [0.2, 0.25) is 0 Å². The number of carbonyl (C=O) groups excluding carboxylic acids is 1. The number of benzene rings is 1. The summed E-state index contributed by atoms with van der Waals surface area (Å²) in [6, 6.07) is 11.8. The monoisotopic (exact) mass is 427 g/mol. The summed E-state index contributed by atoms with van der Waals surface area (Å²) < 4.78 is 15.9. The van der Waals surface area contributed by atoms with Gasteiger partial charge < -0.3 is 19.5 Å². The molecule has 1 saturated heterocycles. The quantitative estimate of drug-likeness (QED) is 0.628. The topological polar surface area (TPSA) is 72.9 Å². The van der Waals surface area contributed by atoms with E-state index in [1.165, 1.54) is 5.56 Å². The Morgan fingerprint density at radius 2 is 2.03 bits per heavy atom. The van der Waals surface area contributed by atoms with Crippen molar-refractivity contribution in [2.24, 2.45) is 5.92 Å². The van der Waals surface area contributed by atoms with E-state index in [0.29, 0.717) is 13.0 Å². The molecule has 2 atom stereocenters. The number of pyridine rings is 1. The van der Waals surface area contributed by atoms with Gasteiger partial charge in [0, 0.05) is 32.8 Å². The molecule has 168 valence electrons. The first-order chi connectivity index (χ1) is 15.1. The zero-order chi connectivity index (χ0) is 22.1. The number of amides is 1. The van der Waals surface area contributed by atoms with Crippen LogP contribution in [-0.4, -0.2) is 56.8 Å². The van der Waals surface area contributed by atoms with E-state index in [1.54, 1.807) is 27.5 Å². The molecule has 1 amide bonds. The minimum Gasteiger partial charge on any atom is -0.493 e. The van der Waals surface area contributed by atoms with E-state index in [9.17, 15) is 4.79 Å². The molecule has 1 fully saturated rings. The highest BCUT2D eigenvalue weighted by Gasteiger charge is 2.30. The fourth-order valence-corrected chi connectivity index (χ4v) is 4.18. The van der Waals surface area contributed by atoms with E-state index in [-0.39, 0.29) is 17.9 Å². The van der Waals surface area contributed by atoms with Crippen LogP contribution in [0.15, 0.2) is 42.6 Å². The summed E-state index contributed by atoms with van der Waals surface area (Å²) in [6.07, 6.45) is 4.26. The van der Waals surface area contributed by atoms with Crippen LogP contribution in [0.25, 0.3) is 0 Å². The molecule has 31 heavy (non-hydrogen) atoms. The summed E-state index contributed by atoms with van der Waals surface area (Å²) in [5, 5.41) is 3.21. The SMILES string of the molecule is COCCC(=O)N[C@H](c1ccccn1)[C@@H]1CCCN(Cc2ccc(OC)c(OC)c2)C1. The number of aromatic nitrogens is 1. The van der Waals surface area contributed by atoms with Gasteiger partial charge in [-0.15, -0.1) is 0 Å². The number of hydrogen-bond acceptors (Lipinski definition) is 6.